The maximum absolute atomic E-state index is 8.67. The van der Waals surface area contributed by atoms with Gasteiger partial charge in [-0.1, -0.05) is 31.4 Å². The van der Waals surface area contributed by atoms with Crippen LogP contribution in [-0.2, 0) is 0 Å². The highest BCUT2D eigenvalue weighted by Gasteiger charge is 2.23. The lowest BCUT2D eigenvalue weighted by atomic mass is 9.50. The van der Waals surface area contributed by atoms with Crippen LogP contribution in [-0.4, -0.2) is 15.1 Å². The maximum atomic E-state index is 8.67. The summed E-state index contributed by atoms with van der Waals surface area (Å²) in [4.78, 5) is 0. The lowest BCUT2D eigenvalue weighted by Gasteiger charge is -2.26. The standard InChI is InChI=1S/C8H15B2N/c1-6(9)7-2-3-8(5-11)10-4-7/h6-8,10H,2-4,9H2,1H3. The summed E-state index contributed by atoms with van der Waals surface area (Å²) < 4.78 is 0. The Morgan fingerprint density at radius 1 is 1.64 bits per heavy atom. The van der Waals surface area contributed by atoms with Crippen LogP contribution in [0.25, 0.3) is 0 Å². The summed E-state index contributed by atoms with van der Waals surface area (Å²) in [6.07, 6.45) is 3.69. The molecule has 0 aliphatic carbocycles. The average molecular weight is 147 g/mol. The van der Waals surface area contributed by atoms with Crippen molar-refractivity contribution in [3.63, 3.8) is 0 Å². The smallest absolute Gasteiger partial charge is 0.142 e. The van der Waals surface area contributed by atoms with Gasteiger partial charge in [-0.25, -0.2) is 0 Å². The Kier molecular flexibility index (Phi) is 3.05. The van der Waals surface area contributed by atoms with Gasteiger partial charge in [0.2, 0.25) is 0 Å². The van der Waals surface area contributed by atoms with E-state index in [0.29, 0.717) is 5.82 Å². The topological polar surface area (TPSA) is 23.8 Å². The molecule has 1 aliphatic rings. The van der Waals surface area contributed by atoms with Crippen LogP contribution in [0.5, 0.6) is 0 Å². The molecule has 3 atom stereocenters. The van der Waals surface area contributed by atoms with Gasteiger partial charge < -0.3 is 0 Å². The highest BCUT2D eigenvalue weighted by Crippen LogP contribution is 2.33. The van der Waals surface area contributed by atoms with Gasteiger partial charge >= 0.3 is 0 Å². The Bertz CT molecular complexity index is 154. The van der Waals surface area contributed by atoms with Crippen molar-refractivity contribution in [2.24, 2.45) is 5.92 Å². The summed E-state index contributed by atoms with van der Waals surface area (Å²) in [6, 6.07) is 2.36. The summed E-state index contributed by atoms with van der Waals surface area (Å²) in [7, 11) is 3.43. The molecule has 0 bridgehead atoms. The van der Waals surface area contributed by atoms with Crippen molar-refractivity contribution in [2.45, 2.75) is 37.7 Å². The second-order valence-corrected chi connectivity index (χ2v) is 3.98. The van der Waals surface area contributed by atoms with E-state index >= 15 is 0 Å². The van der Waals surface area contributed by atoms with Gasteiger partial charge in [0.25, 0.3) is 0 Å². The molecule has 0 N–H and O–H groups in total. The van der Waals surface area contributed by atoms with Crippen molar-refractivity contribution in [1.82, 2.24) is 0 Å². The Hall–Kier alpha value is -0.380. The van der Waals surface area contributed by atoms with Gasteiger partial charge in [0.05, 0.1) is 6.07 Å². The van der Waals surface area contributed by atoms with E-state index in [0.717, 1.165) is 25.4 Å². The molecule has 1 nitrogen and oxygen atoms in total. The van der Waals surface area contributed by atoms with E-state index in [1.54, 1.807) is 0 Å². The molecule has 0 radical (unpaired) electrons. The van der Waals surface area contributed by atoms with Crippen molar-refractivity contribution in [1.29, 1.82) is 5.26 Å². The Morgan fingerprint density at radius 3 is 2.73 bits per heavy atom. The molecular formula is C8H15B2N. The molecule has 0 amide bonds. The molecule has 3 unspecified atom stereocenters. The first kappa shape index (κ1) is 8.71. The van der Waals surface area contributed by atoms with E-state index in [1.165, 1.54) is 12.7 Å². The first-order valence-electron chi connectivity index (χ1n) is 4.63. The maximum Gasteiger partial charge on any atom is 0.142 e. The van der Waals surface area contributed by atoms with Crippen LogP contribution in [0, 0.1) is 17.2 Å². The number of hydrogen-bond acceptors (Lipinski definition) is 1. The molecule has 1 saturated heterocycles. The molecule has 0 aromatic rings. The third kappa shape index (κ3) is 2.29. The second kappa shape index (κ2) is 3.85. The summed E-state index contributed by atoms with van der Waals surface area (Å²) in [5.74, 6) is 2.07. The van der Waals surface area contributed by atoms with E-state index in [-0.39, 0.29) is 0 Å². The minimum absolute atomic E-state index is 0.366. The van der Waals surface area contributed by atoms with E-state index in [1.807, 2.05) is 0 Å². The number of nitriles is 1. The Labute approximate surface area is 70.8 Å². The van der Waals surface area contributed by atoms with Gasteiger partial charge in [-0.2, -0.15) is 5.26 Å². The minimum Gasteiger partial charge on any atom is -0.199 e. The molecular weight excluding hydrogens is 132 g/mol. The molecule has 3 heteroatoms. The molecule has 1 rings (SSSR count). The number of rotatable bonds is 1. The largest absolute Gasteiger partial charge is 0.199 e. The van der Waals surface area contributed by atoms with Gasteiger partial charge in [-0.15, -0.1) is 0 Å². The molecule has 1 heterocycles. The summed E-state index contributed by atoms with van der Waals surface area (Å²) >= 11 is 0. The Balaban J connectivity index is 2.31. The first-order chi connectivity index (χ1) is 5.24. The van der Waals surface area contributed by atoms with Crippen molar-refractivity contribution in [3.8, 4) is 6.07 Å². The zero-order valence-corrected chi connectivity index (χ0v) is 7.51. The van der Waals surface area contributed by atoms with E-state index in [2.05, 4.69) is 20.8 Å². The fourth-order valence-corrected chi connectivity index (χ4v) is 1.91. The lowest BCUT2D eigenvalue weighted by molar-refractivity contribution is 0.475. The molecule has 1 fully saturated rings. The lowest BCUT2D eigenvalue weighted by Crippen LogP contribution is -2.19. The average Bonchev–Trinajstić information content (AvgIpc) is 2.05. The normalized spacial score (nSPS) is 33.5. The van der Waals surface area contributed by atoms with Crippen molar-refractivity contribution in [3.05, 3.63) is 0 Å². The van der Waals surface area contributed by atoms with Crippen molar-refractivity contribution < 1.29 is 0 Å². The highest BCUT2D eigenvalue weighted by atomic mass is 14.3. The minimum atomic E-state index is 0.366. The highest BCUT2D eigenvalue weighted by molar-refractivity contribution is 6.39. The van der Waals surface area contributed by atoms with Gasteiger partial charge in [0.15, 0.2) is 0 Å². The fraction of sp³-hybridized carbons (Fsp3) is 0.875. The van der Waals surface area contributed by atoms with E-state index < -0.39 is 0 Å². The monoisotopic (exact) mass is 147 g/mol. The summed E-state index contributed by atoms with van der Waals surface area (Å²) in [6.45, 7) is 2.29. The van der Waals surface area contributed by atoms with Crippen LogP contribution in [0.1, 0.15) is 19.8 Å². The van der Waals surface area contributed by atoms with Crippen LogP contribution in [0.2, 0.25) is 18.0 Å². The zero-order chi connectivity index (χ0) is 8.27. The second-order valence-electron chi connectivity index (χ2n) is 3.98. The van der Waals surface area contributed by atoms with Gasteiger partial charge in [0, 0.05) is 5.82 Å². The zero-order valence-electron chi connectivity index (χ0n) is 7.51. The third-order valence-corrected chi connectivity index (χ3v) is 2.90. The SMILES string of the molecule is BC(C)C1CBC(C#N)CC1. The molecule has 11 heavy (non-hydrogen) atoms. The number of nitrogens with zero attached hydrogens (tertiary/aromatic N) is 1. The predicted molar refractivity (Wildman–Crippen MR) is 52.0 cm³/mol. The van der Waals surface area contributed by atoms with Crippen molar-refractivity contribution in [2.75, 3.05) is 0 Å². The van der Waals surface area contributed by atoms with Crippen LogP contribution in [0.3, 0.4) is 0 Å². The quantitative estimate of drug-likeness (QED) is 0.507. The van der Waals surface area contributed by atoms with Crippen molar-refractivity contribution >= 4 is 15.1 Å². The van der Waals surface area contributed by atoms with E-state index in [9.17, 15) is 0 Å². The van der Waals surface area contributed by atoms with Gasteiger partial charge in [-0.05, 0) is 6.42 Å². The predicted octanol–water partition coefficient (Wildman–Crippen LogP) is 1.00. The summed E-state index contributed by atoms with van der Waals surface area (Å²) in [5.41, 5.74) is 0. The van der Waals surface area contributed by atoms with Crippen LogP contribution in [0.15, 0.2) is 0 Å². The van der Waals surface area contributed by atoms with Gasteiger partial charge in [-0.3, -0.25) is 0 Å². The molecule has 0 saturated carbocycles. The van der Waals surface area contributed by atoms with Gasteiger partial charge in [0.1, 0.15) is 15.1 Å². The van der Waals surface area contributed by atoms with Crippen LogP contribution in [0.4, 0.5) is 0 Å². The molecule has 0 aromatic heterocycles. The molecule has 58 valence electrons. The summed E-state index contributed by atoms with van der Waals surface area (Å²) in [5, 5.41) is 8.67. The van der Waals surface area contributed by atoms with Crippen LogP contribution < -0.4 is 0 Å². The molecule has 1 aliphatic heterocycles. The number of hydrogen-bond donors (Lipinski definition) is 0. The molecule has 0 spiro atoms. The van der Waals surface area contributed by atoms with E-state index in [4.69, 9.17) is 5.26 Å². The Morgan fingerprint density at radius 2 is 2.36 bits per heavy atom. The third-order valence-electron chi connectivity index (χ3n) is 2.90. The molecule has 0 aromatic carbocycles. The fourth-order valence-electron chi connectivity index (χ4n) is 1.91. The van der Waals surface area contributed by atoms with Crippen LogP contribution >= 0.6 is 0 Å². The first-order valence-corrected chi connectivity index (χ1v) is 4.63.